The molecule has 34 heavy (non-hydrogen) atoms. The first-order valence-electron chi connectivity index (χ1n) is 11.1. The van der Waals surface area contributed by atoms with Gasteiger partial charge in [-0.15, -0.1) is 0 Å². The van der Waals surface area contributed by atoms with E-state index in [0.717, 1.165) is 34.7 Å². The van der Waals surface area contributed by atoms with Gasteiger partial charge in [-0.3, -0.25) is 5.10 Å². The van der Waals surface area contributed by atoms with Crippen molar-refractivity contribution in [2.75, 3.05) is 23.8 Å². The minimum atomic E-state index is -0.492. The summed E-state index contributed by atoms with van der Waals surface area (Å²) in [5.41, 5.74) is 2.68. The zero-order valence-corrected chi connectivity index (χ0v) is 20.5. The molecule has 0 saturated heterocycles. The lowest BCUT2D eigenvalue weighted by Crippen LogP contribution is -2.29. The monoisotopic (exact) mass is 483 g/mol. The third-order valence-corrected chi connectivity index (χ3v) is 5.65. The van der Waals surface area contributed by atoms with Gasteiger partial charge in [0.1, 0.15) is 11.6 Å². The minimum Gasteiger partial charge on any atom is -0.461 e. The molecule has 0 aliphatic carbocycles. The maximum absolute atomic E-state index is 12.0. The molecule has 0 spiro atoms. The SMILES string of the molecule is CCCCNC(=O)Nc1ccc(Sc2nc(C)cc(Nc3cc(C(=O)OCC)n[nH]3)n2)c(C)c1. The number of carbonyl (C=O) groups is 2. The normalized spacial score (nSPS) is 10.6. The number of carbonyl (C=O) groups excluding carboxylic acids is 2. The summed E-state index contributed by atoms with van der Waals surface area (Å²) in [6.07, 6.45) is 1.97. The summed E-state index contributed by atoms with van der Waals surface area (Å²) < 4.78 is 4.95. The molecule has 0 aliphatic rings. The molecule has 3 rings (SSSR count). The molecule has 11 heteroatoms. The maximum atomic E-state index is 12.0. The van der Waals surface area contributed by atoms with Crippen LogP contribution in [-0.2, 0) is 4.74 Å². The average Bonchev–Trinajstić information content (AvgIpc) is 3.24. The second kappa shape index (κ2) is 12.0. The Labute approximate surface area is 202 Å². The van der Waals surface area contributed by atoms with Crippen molar-refractivity contribution in [1.82, 2.24) is 25.5 Å². The van der Waals surface area contributed by atoms with Gasteiger partial charge in [-0.25, -0.2) is 19.6 Å². The van der Waals surface area contributed by atoms with Crippen LogP contribution in [0.5, 0.6) is 0 Å². The number of hydrogen-bond acceptors (Lipinski definition) is 8. The molecule has 2 amide bonds. The van der Waals surface area contributed by atoms with E-state index in [-0.39, 0.29) is 18.3 Å². The third kappa shape index (κ3) is 7.20. The number of hydrogen-bond donors (Lipinski definition) is 4. The second-order valence-electron chi connectivity index (χ2n) is 7.51. The summed E-state index contributed by atoms with van der Waals surface area (Å²) in [6.45, 7) is 8.60. The van der Waals surface area contributed by atoms with E-state index in [2.05, 4.69) is 43.0 Å². The number of esters is 1. The van der Waals surface area contributed by atoms with Gasteiger partial charge in [-0.05, 0) is 62.7 Å². The first-order chi connectivity index (χ1) is 16.4. The lowest BCUT2D eigenvalue weighted by atomic mass is 10.2. The second-order valence-corrected chi connectivity index (χ2v) is 8.52. The third-order valence-electron chi connectivity index (χ3n) is 4.61. The van der Waals surface area contributed by atoms with Crippen molar-refractivity contribution in [1.29, 1.82) is 0 Å². The molecule has 4 N–H and O–H groups in total. The molecule has 0 atom stereocenters. The Hall–Kier alpha value is -3.60. The van der Waals surface area contributed by atoms with Gasteiger partial charge in [0.25, 0.3) is 0 Å². The van der Waals surface area contributed by atoms with Crippen molar-refractivity contribution in [3.63, 3.8) is 0 Å². The van der Waals surface area contributed by atoms with Gasteiger partial charge in [0, 0.05) is 35.0 Å². The molecule has 0 aliphatic heterocycles. The van der Waals surface area contributed by atoms with Gasteiger partial charge in [0.05, 0.1) is 6.61 Å². The van der Waals surface area contributed by atoms with E-state index >= 15 is 0 Å². The van der Waals surface area contributed by atoms with Gasteiger partial charge in [0.2, 0.25) is 0 Å². The first kappa shape index (κ1) is 25.0. The average molecular weight is 484 g/mol. The highest BCUT2D eigenvalue weighted by atomic mass is 32.2. The Morgan fingerprint density at radius 2 is 1.94 bits per heavy atom. The Balaban J connectivity index is 1.67. The van der Waals surface area contributed by atoms with Crippen LogP contribution in [0.1, 0.15) is 48.4 Å². The van der Waals surface area contributed by atoms with Crippen LogP contribution < -0.4 is 16.0 Å². The largest absolute Gasteiger partial charge is 0.461 e. The van der Waals surface area contributed by atoms with Crippen LogP contribution in [-0.4, -0.2) is 45.3 Å². The quantitative estimate of drug-likeness (QED) is 0.183. The molecule has 10 nitrogen and oxygen atoms in total. The van der Waals surface area contributed by atoms with Gasteiger partial charge < -0.3 is 20.7 Å². The summed E-state index contributed by atoms with van der Waals surface area (Å²) in [6, 6.07) is 8.85. The fourth-order valence-electron chi connectivity index (χ4n) is 2.98. The summed E-state index contributed by atoms with van der Waals surface area (Å²) in [5.74, 6) is 0.587. The van der Waals surface area contributed by atoms with Gasteiger partial charge in [-0.2, -0.15) is 5.10 Å². The molecule has 0 unspecified atom stereocenters. The number of H-pyrrole nitrogens is 1. The van der Waals surface area contributed by atoms with Crippen LogP contribution >= 0.6 is 11.8 Å². The van der Waals surface area contributed by atoms with Crippen molar-refractivity contribution in [3.05, 3.63) is 47.3 Å². The smallest absolute Gasteiger partial charge is 0.358 e. The number of aryl methyl sites for hydroxylation is 2. The highest BCUT2D eigenvalue weighted by Crippen LogP contribution is 2.30. The van der Waals surface area contributed by atoms with E-state index in [1.165, 1.54) is 11.8 Å². The number of anilines is 3. The van der Waals surface area contributed by atoms with Crippen molar-refractivity contribution < 1.29 is 14.3 Å². The van der Waals surface area contributed by atoms with Gasteiger partial charge in [0.15, 0.2) is 10.9 Å². The Kier molecular flexibility index (Phi) is 8.86. The maximum Gasteiger partial charge on any atom is 0.358 e. The molecular weight excluding hydrogens is 454 g/mol. The predicted octanol–water partition coefficient (Wildman–Crippen LogP) is 4.81. The van der Waals surface area contributed by atoms with E-state index in [0.29, 0.717) is 23.3 Å². The number of aromatic nitrogens is 4. The fourth-order valence-corrected chi connectivity index (χ4v) is 3.86. The summed E-state index contributed by atoms with van der Waals surface area (Å²) in [5, 5.41) is 16.1. The van der Waals surface area contributed by atoms with Gasteiger partial charge in [-0.1, -0.05) is 13.3 Å². The Morgan fingerprint density at radius 1 is 1.12 bits per heavy atom. The molecule has 3 aromatic rings. The van der Waals surface area contributed by atoms with Crippen LogP contribution in [0.3, 0.4) is 0 Å². The first-order valence-corrected chi connectivity index (χ1v) is 11.9. The summed E-state index contributed by atoms with van der Waals surface area (Å²) in [4.78, 5) is 33.8. The molecule has 0 radical (unpaired) electrons. The zero-order chi connectivity index (χ0) is 24.5. The Morgan fingerprint density at radius 3 is 2.68 bits per heavy atom. The van der Waals surface area contributed by atoms with Gasteiger partial charge >= 0.3 is 12.0 Å². The molecule has 0 saturated carbocycles. The van der Waals surface area contributed by atoms with E-state index < -0.39 is 5.97 Å². The number of aromatic amines is 1. The fraction of sp³-hybridized carbons (Fsp3) is 0.348. The molecule has 0 fully saturated rings. The molecule has 180 valence electrons. The molecule has 2 aromatic heterocycles. The highest BCUT2D eigenvalue weighted by molar-refractivity contribution is 7.99. The number of benzene rings is 1. The van der Waals surface area contributed by atoms with Crippen LogP contribution in [0, 0.1) is 13.8 Å². The zero-order valence-electron chi connectivity index (χ0n) is 19.7. The lowest BCUT2D eigenvalue weighted by molar-refractivity contribution is 0.0519. The van der Waals surface area contributed by atoms with E-state index in [9.17, 15) is 9.59 Å². The van der Waals surface area contributed by atoms with E-state index in [1.807, 2.05) is 32.0 Å². The Bertz CT molecular complexity index is 1150. The number of unbranched alkanes of at least 4 members (excludes halogenated alkanes) is 1. The van der Waals surface area contributed by atoms with Crippen LogP contribution in [0.25, 0.3) is 0 Å². The van der Waals surface area contributed by atoms with Crippen molar-refractivity contribution >= 4 is 41.1 Å². The number of nitrogens with one attached hydrogen (secondary N) is 4. The number of ether oxygens (including phenoxy) is 1. The molecule has 2 heterocycles. The molecule has 1 aromatic carbocycles. The van der Waals surface area contributed by atoms with E-state index in [4.69, 9.17) is 4.74 Å². The highest BCUT2D eigenvalue weighted by Gasteiger charge is 2.13. The lowest BCUT2D eigenvalue weighted by Gasteiger charge is -2.11. The standard InChI is InChI=1S/C23H29N7O3S/c1-5-7-10-24-22(32)26-16-8-9-18(14(3)11-16)34-23-25-15(4)12-19(28-23)27-20-13-17(29-30-20)21(31)33-6-2/h8-9,11-13H,5-7,10H2,1-4H3,(H2,24,26,32)(H2,25,27,28,29,30). The minimum absolute atomic E-state index is 0.188. The topological polar surface area (TPSA) is 134 Å². The van der Waals surface area contributed by atoms with Crippen LogP contribution in [0.2, 0.25) is 0 Å². The van der Waals surface area contributed by atoms with Crippen LogP contribution in [0.15, 0.2) is 40.4 Å². The van der Waals surface area contributed by atoms with Crippen molar-refractivity contribution in [2.45, 2.75) is 50.6 Å². The number of amides is 2. The predicted molar refractivity (Wildman–Crippen MR) is 132 cm³/mol. The molecule has 0 bridgehead atoms. The van der Waals surface area contributed by atoms with Crippen molar-refractivity contribution in [2.24, 2.45) is 0 Å². The summed E-state index contributed by atoms with van der Waals surface area (Å²) in [7, 11) is 0. The number of nitrogens with zero attached hydrogens (tertiary/aromatic N) is 3. The van der Waals surface area contributed by atoms with E-state index in [1.54, 1.807) is 19.1 Å². The number of urea groups is 1. The van der Waals surface area contributed by atoms with Crippen molar-refractivity contribution in [3.8, 4) is 0 Å². The number of rotatable bonds is 10. The van der Waals surface area contributed by atoms with Crippen LogP contribution in [0.4, 0.5) is 22.1 Å². The summed E-state index contributed by atoms with van der Waals surface area (Å²) >= 11 is 1.42. The molecular formula is C23H29N7O3S.